The van der Waals surface area contributed by atoms with Crippen molar-refractivity contribution in [2.45, 2.75) is 6.92 Å². The van der Waals surface area contributed by atoms with Gasteiger partial charge in [0.05, 0.1) is 0 Å². The van der Waals surface area contributed by atoms with Gasteiger partial charge in [-0.2, -0.15) is 0 Å². The molecule has 0 rings (SSSR count). The molecule has 0 atom stereocenters. The molecule has 0 heterocycles. The molecule has 0 aliphatic carbocycles. The Kier molecular flexibility index (Phi) is 5.50. The number of hydrogen-bond acceptors (Lipinski definition) is 5. The van der Waals surface area contributed by atoms with Crippen LogP contribution < -0.4 is 0 Å². The lowest BCUT2D eigenvalue weighted by Gasteiger charge is -1.99. The van der Waals surface area contributed by atoms with Gasteiger partial charge in [0, 0.05) is 6.92 Å². The van der Waals surface area contributed by atoms with Gasteiger partial charge in [-0.15, -0.1) is 0 Å². The highest BCUT2D eigenvalue weighted by Gasteiger charge is 2.05. The van der Waals surface area contributed by atoms with Crippen LogP contribution in [0.1, 0.15) is 6.92 Å². The summed E-state index contributed by atoms with van der Waals surface area (Å²) in [7, 11) is 0. The average Bonchev–Trinajstić information content (AvgIpc) is 1.97. The summed E-state index contributed by atoms with van der Waals surface area (Å²) in [5.74, 6) is -1.51. The molecule has 0 bridgehead atoms. The maximum atomic E-state index is 10.4. The van der Waals surface area contributed by atoms with Crippen LogP contribution in [0.15, 0.2) is 0 Å². The minimum atomic E-state index is -0.805. The van der Waals surface area contributed by atoms with Gasteiger partial charge in [0.1, 0.15) is 6.07 Å². The van der Waals surface area contributed by atoms with Gasteiger partial charge in [0.15, 0.2) is 6.61 Å². The Morgan fingerprint density at radius 3 is 2.45 bits per heavy atom. The maximum Gasteiger partial charge on any atom is 0.380 e. The molecule has 0 fully saturated rings. The fourth-order valence-corrected chi connectivity index (χ4v) is 0.328. The van der Waals surface area contributed by atoms with Crippen LogP contribution in [-0.4, -0.2) is 24.6 Å². The van der Waals surface area contributed by atoms with Crippen molar-refractivity contribution >= 4 is 23.5 Å². The Labute approximate surface area is 68.1 Å². The summed E-state index contributed by atoms with van der Waals surface area (Å²) >= 11 is 5.07. The highest BCUT2D eigenvalue weighted by Crippen LogP contribution is 1.85. The fraction of sp³-hybridized carbons (Fsp3) is 0.600. The summed E-state index contributed by atoms with van der Waals surface area (Å²) in [6, 6.07) is -0.116. The van der Waals surface area contributed by atoms with E-state index in [9.17, 15) is 9.59 Å². The minimum absolute atomic E-state index is 0.116. The van der Waals surface area contributed by atoms with E-state index in [0.29, 0.717) is 0 Å². The van der Waals surface area contributed by atoms with Crippen LogP contribution in [0.5, 0.6) is 0 Å². The molecule has 5 nitrogen and oxygen atoms in total. The van der Waals surface area contributed by atoms with Crippen molar-refractivity contribution in [3.8, 4) is 0 Å². The van der Waals surface area contributed by atoms with E-state index in [1.54, 1.807) is 0 Å². The van der Waals surface area contributed by atoms with Crippen LogP contribution in [0.3, 0.4) is 0 Å². The average molecular weight is 183 g/mol. The van der Waals surface area contributed by atoms with Crippen molar-refractivity contribution in [3.63, 3.8) is 0 Å². The van der Waals surface area contributed by atoms with E-state index in [2.05, 4.69) is 14.5 Å². The quantitative estimate of drug-likeness (QED) is 0.355. The number of rotatable bonds is 3. The summed E-state index contributed by atoms with van der Waals surface area (Å²) < 4.78 is 4.43. The van der Waals surface area contributed by atoms with Crippen LogP contribution in [0.25, 0.3) is 0 Å². The second-order valence-electron chi connectivity index (χ2n) is 1.49. The van der Waals surface area contributed by atoms with Crippen molar-refractivity contribution in [1.82, 2.24) is 0 Å². The molecule has 11 heavy (non-hydrogen) atoms. The van der Waals surface area contributed by atoms with E-state index in [0.717, 1.165) is 6.92 Å². The van der Waals surface area contributed by atoms with Gasteiger partial charge in [-0.25, -0.2) is 19.4 Å². The van der Waals surface area contributed by atoms with Crippen molar-refractivity contribution in [2.24, 2.45) is 0 Å². The molecule has 0 amide bonds. The monoisotopic (exact) mass is 182 g/mol. The second-order valence-corrected chi connectivity index (χ2v) is 1.71. The van der Waals surface area contributed by atoms with E-state index in [1.165, 1.54) is 0 Å². The molecule has 0 aromatic carbocycles. The third-order valence-corrected chi connectivity index (χ3v) is 0.703. The van der Waals surface area contributed by atoms with Crippen molar-refractivity contribution in [2.75, 3.05) is 12.7 Å². The minimum Gasteiger partial charge on any atom is -0.354 e. The van der Waals surface area contributed by atoms with Gasteiger partial charge in [0.2, 0.25) is 0 Å². The number of ether oxygens (including phenoxy) is 1. The van der Waals surface area contributed by atoms with Gasteiger partial charge in [0.25, 0.3) is 0 Å². The lowest BCUT2D eigenvalue weighted by atomic mass is 10.7. The molecule has 0 aliphatic heterocycles. The van der Waals surface area contributed by atoms with E-state index < -0.39 is 11.9 Å². The van der Waals surface area contributed by atoms with Crippen LogP contribution in [0.4, 0.5) is 0 Å². The second kappa shape index (κ2) is 5.94. The van der Waals surface area contributed by atoms with Gasteiger partial charge in [-0.05, 0) is 0 Å². The third-order valence-electron chi connectivity index (χ3n) is 0.549. The molecular weight excluding hydrogens is 176 g/mol. The highest BCUT2D eigenvalue weighted by molar-refractivity contribution is 6.17. The van der Waals surface area contributed by atoms with E-state index in [-0.39, 0.29) is 12.7 Å². The number of carbonyl (C=O) groups excluding carboxylic acids is 2. The van der Waals surface area contributed by atoms with Crippen LogP contribution in [0, 0.1) is 0 Å². The summed E-state index contributed by atoms with van der Waals surface area (Å²) in [6.45, 7) is 0.770. The van der Waals surface area contributed by atoms with Crippen LogP contribution in [0.2, 0.25) is 0 Å². The molecular formula is C5H7ClO5. The molecule has 0 saturated carbocycles. The Morgan fingerprint density at radius 2 is 2.00 bits per heavy atom. The number of halogens is 1. The molecule has 0 N–H and O–H groups in total. The number of carbonyl (C=O) groups is 2. The highest BCUT2D eigenvalue weighted by atomic mass is 35.5. The van der Waals surface area contributed by atoms with E-state index in [4.69, 9.17) is 11.6 Å². The first-order chi connectivity index (χ1) is 5.16. The SMILES string of the molecule is CC(=O)OOC(=O)COCCl. The predicted octanol–water partition coefficient (Wildman–Crippen LogP) is 0.221. The lowest BCUT2D eigenvalue weighted by Crippen LogP contribution is -2.14. The Hall–Kier alpha value is -0.810. The zero-order valence-electron chi connectivity index (χ0n) is 5.83. The zero-order valence-corrected chi connectivity index (χ0v) is 6.59. The van der Waals surface area contributed by atoms with Crippen molar-refractivity contribution < 1.29 is 24.1 Å². The number of alkyl halides is 1. The first-order valence-electron chi connectivity index (χ1n) is 2.68. The molecule has 0 spiro atoms. The third kappa shape index (κ3) is 7.08. The molecule has 0 aromatic heterocycles. The van der Waals surface area contributed by atoms with Gasteiger partial charge >= 0.3 is 11.9 Å². The van der Waals surface area contributed by atoms with Gasteiger partial charge in [-0.3, -0.25) is 0 Å². The van der Waals surface area contributed by atoms with Crippen molar-refractivity contribution in [3.05, 3.63) is 0 Å². The Bertz CT molecular complexity index is 146. The molecule has 64 valence electrons. The topological polar surface area (TPSA) is 61.8 Å². The standard InChI is InChI=1S/C5H7ClO5/c1-4(7)10-11-5(8)2-9-3-6/h2-3H2,1H3. The van der Waals surface area contributed by atoms with Crippen molar-refractivity contribution in [1.29, 1.82) is 0 Å². The summed E-state index contributed by atoms with van der Waals surface area (Å²) in [5.41, 5.74) is 0. The smallest absolute Gasteiger partial charge is 0.354 e. The molecule has 0 radical (unpaired) electrons. The normalized spacial score (nSPS) is 8.91. The summed E-state index contributed by atoms with van der Waals surface area (Å²) in [6.07, 6.45) is 0. The van der Waals surface area contributed by atoms with E-state index >= 15 is 0 Å². The lowest BCUT2D eigenvalue weighted by molar-refractivity contribution is -0.259. The summed E-state index contributed by atoms with van der Waals surface area (Å²) in [4.78, 5) is 28.3. The Morgan fingerprint density at radius 1 is 1.36 bits per heavy atom. The largest absolute Gasteiger partial charge is 0.380 e. The summed E-state index contributed by atoms with van der Waals surface area (Å²) in [5, 5.41) is 0. The van der Waals surface area contributed by atoms with Crippen LogP contribution in [-0.2, 0) is 24.1 Å². The molecule has 0 aliphatic rings. The molecule has 0 unspecified atom stereocenters. The Balaban J connectivity index is 3.30. The number of hydrogen-bond donors (Lipinski definition) is 0. The van der Waals surface area contributed by atoms with E-state index in [1.807, 2.05) is 0 Å². The zero-order chi connectivity index (χ0) is 8.69. The van der Waals surface area contributed by atoms with Crippen LogP contribution >= 0.6 is 11.6 Å². The predicted molar refractivity (Wildman–Crippen MR) is 34.5 cm³/mol. The fourth-order valence-electron chi connectivity index (χ4n) is 0.251. The maximum absolute atomic E-state index is 10.4. The first-order valence-corrected chi connectivity index (χ1v) is 3.22. The molecule has 6 heteroatoms. The molecule has 0 aromatic rings. The molecule has 0 saturated heterocycles. The van der Waals surface area contributed by atoms with Gasteiger partial charge < -0.3 is 4.74 Å². The first kappa shape index (κ1) is 10.2. The van der Waals surface area contributed by atoms with Gasteiger partial charge in [-0.1, -0.05) is 11.6 Å².